The van der Waals surface area contributed by atoms with E-state index in [1.807, 2.05) is 18.2 Å². The summed E-state index contributed by atoms with van der Waals surface area (Å²) in [6.45, 7) is 1.63. The molecule has 3 heterocycles. The van der Waals surface area contributed by atoms with Crippen molar-refractivity contribution in [3.63, 3.8) is 0 Å². The molecule has 1 unspecified atom stereocenters. The first-order valence-corrected chi connectivity index (χ1v) is 11.9. The standard InChI is InChI=1S/C27H23F3N6/c28-19-9-6-16(7-10-19)25-20-13-17(8-11-24(20)32-33-25)26-31-27(35-34-26)18-3-2-12-36(14-18)15-21-22(29)4-1-5-23(21)30/h1,4-11,13,18H,2-3,12,14-15H2,(H,32,33)(H,31,34,35). The van der Waals surface area contributed by atoms with E-state index in [-0.39, 0.29) is 23.8 Å². The van der Waals surface area contributed by atoms with Crippen LogP contribution in [-0.2, 0) is 6.54 Å². The summed E-state index contributed by atoms with van der Waals surface area (Å²) in [5.74, 6) is 0.0720. The lowest BCUT2D eigenvalue weighted by Crippen LogP contribution is -2.34. The zero-order valence-corrected chi connectivity index (χ0v) is 19.3. The molecule has 1 fully saturated rings. The number of hydrogen-bond acceptors (Lipinski definition) is 4. The first-order chi connectivity index (χ1) is 17.5. The summed E-state index contributed by atoms with van der Waals surface area (Å²) in [6, 6.07) is 16.0. The highest BCUT2D eigenvalue weighted by Crippen LogP contribution is 2.31. The Labute approximate surface area is 205 Å². The van der Waals surface area contributed by atoms with E-state index in [4.69, 9.17) is 4.98 Å². The van der Waals surface area contributed by atoms with Gasteiger partial charge in [-0.15, -0.1) is 0 Å². The number of benzene rings is 3. The molecule has 0 amide bonds. The third-order valence-corrected chi connectivity index (χ3v) is 6.78. The van der Waals surface area contributed by atoms with E-state index in [0.717, 1.165) is 52.9 Å². The second-order valence-corrected chi connectivity index (χ2v) is 9.16. The number of H-pyrrole nitrogens is 2. The Morgan fingerprint density at radius 2 is 1.67 bits per heavy atom. The number of hydrogen-bond donors (Lipinski definition) is 2. The lowest BCUT2D eigenvalue weighted by atomic mass is 9.97. The van der Waals surface area contributed by atoms with Crippen LogP contribution in [0.4, 0.5) is 13.2 Å². The van der Waals surface area contributed by atoms with Crippen molar-refractivity contribution in [2.24, 2.45) is 0 Å². The quantitative estimate of drug-likeness (QED) is 0.327. The molecule has 0 bridgehead atoms. The highest BCUT2D eigenvalue weighted by molar-refractivity contribution is 5.95. The first-order valence-electron chi connectivity index (χ1n) is 11.9. The van der Waals surface area contributed by atoms with E-state index in [2.05, 4.69) is 25.3 Å². The smallest absolute Gasteiger partial charge is 0.181 e. The number of nitrogens with zero attached hydrogens (tertiary/aromatic N) is 4. The van der Waals surface area contributed by atoms with Crippen molar-refractivity contribution in [3.05, 3.63) is 89.5 Å². The number of likely N-dealkylation sites (tertiary alicyclic amines) is 1. The van der Waals surface area contributed by atoms with E-state index in [1.54, 1.807) is 12.1 Å². The Balaban J connectivity index is 1.23. The average molecular weight is 489 g/mol. The maximum atomic E-state index is 14.1. The molecule has 1 atom stereocenters. The van der Waals surface area contributed by atoms with Crippen LogP contribution in [0.2, 0.25) is 0 Å². The van der Waals surface area contributed by atoms with E-state index >= 15 is 0 Å². The molecule has 0 radical (unpaired) electrons. The minimum absolute atomic E-state index is 0.0854. The van der Waals surface area contributed by atoms with Crippen LogP contribution in [0.1, 0.15) is 30.1 Å². The Morgan fingerprint density at radius 1 is 0.889 bits per heavy atom. The monoisotopic (exact) mass is 488 g/mol. The van der Waals surface area contributed by atoms with Crippen LogP contribution in [0.5, 0.6) is 0 Å². The van der Waals surface area contributed by atoms with Gasteiger partial charge in [0.25, 0.3) is 0 Å². The van der Waals surface area contributed by atoms with Crippen LogP contribution in [0, 0.1) is 17.5 Å². The van der Waals surface area contributed by atoms with Crippen molar-refractivity contribution in [2.75, 3.05) is 13.1 Å². The van der Waals surface area contributed by atoms with E-state index in [9.17, 15) is 13.2 Å². The first kappa shape index (κ1) is 22.5. The van der Waals surface area contributed by atoms with Crippen molar-refractivity contribution >= 4 is 10.9 Å². The topological polar surface area (TPSA) is 73.5 Å². The van der Waals surface area contributed by atoms with Gasteiger partial charge in [-0.05, 0) is 74.0 Å². The molecule has 0 saturated carbocycles. The second kappa shape index (κ2) is 9.23. The van der Waals surface area contributed by atoms with Gasteiger partial charge in [-0.25, -0.2) is 18.2 Å². The molecule has 1 aliphatic heterocycles. The predicted molar refractivity (Wildman–Crippen MR) is 130 cm³/mol. The Morgan fingerprint density at radius 3 is 2.47 bits per heavy atom. The molecule has 6 rings (SSSR count). The third kappa shape index (κ3) is 4.26. The Kier molecular flexibility index (Phi) is 5.77. The van der Waals surface area contributed by atoms with Crippen molar-refractivity contribution in [2.45, 2.75) is 25.3 Å². The van der Waals surface area contributed by atoms with Gasteiger partial charge in [0.05, 0.1) is 11.2 Å². The number of aromatic nitrogens is 5. The maximum Gasteiger partial charge on any atom is 0.181 e. The van der Waals surface area contributed by atoms with Gasteiger partial charge in [-0.3, -0.25) is 15.1 Å². The predicted octanol–water partition coefficient (Wildman–Crippen LogP) is 5.81. The Hall–Kier alpha value is -3.98. The number of halogens is 3. The summed E-state index contributed by atoms with van der Waals surface area (Å²) < 4.78 is 41.6. The molecule has 0 spiro atoms. The van der Waals surface area contributed by atoms with Gasteiger partial charge in [-0.2, -0.15) is 10.2 Å². The van der Waals surface area contributed by atoms with Crippen LogP contribution in [-0.4, -0.2) is 43.4 Å². The SMILES string of the molecule is Fc1ccc(-c2n[nH]c3ccc(-c4n[nH]c(C5CCCN(Cc6c(F)cccc6F)C5)n4)cc23)cc1. The summed E-state index contributed by atoms with van der Waals surface area (Å²) in [5, 5.41) is 15.8. The fourth-order valence-corrected chi connectivity index (χ4v) is 4.90. The van der Waals surface area contributed by atoms with Crippen LogP contribution < -0.4 is 0 Å². The number of nitrogens with one attached hydrogen (secondary N) is 2. The van der Waals surface area contributed by atoms with Crippen LogP contribution >= 0.6 is 0 Å². The zero-order chi connectivity index (χ0) is 24.6. The number of rotatable bonds is 5. The summed E-state index contributed by atoms with van der Waals surface area (Å²) in [5.41, 5.74) is 3.32. The summed E-state index contributed by atoms with van der Waals surface area (Å²) >= 11 is 0. The van der Waals surface area contributed by atoms with E-state index in [1.165, 1.54) is 30.3 Å². The van der Waals surface area contributed by atoms with Gasteiger partial charge in [0.1, 0.15) is 23.3 Å². The van der Waals surface area contributed by atoms with Crippen molar-refractivity contribution in [3.8, 4) is 22.6 Å². The van der Waals surface area contributed by atoms with Gasteiger partial charge in [0.15, 0.2) is 5.82 Å². The fraction of sp³-hybridized carbons (Fsp3) is 0.222. The molecule has 2 N–H and O–H groups in total. The van der Waals surface area contributed by atoms with Crippen LogP contribution in [0.25, 0.3) is 33.5 Å². The Bertz CT molecular complexity index is 1500. The molecule has 9 heteroatoms. The number of aromatic amines is 2. The molecule has 1 saturated heterocycles. The van der Waals surface area contributed by atoms with Gasteiger partial charge >= 0.3 is 0 Å². The van der Waals surface area contributed by atoms with E-state index < -0.39 is 11.6 Å². The molecule has 1 aliphatic rings. The van der Waals surface area contributed by atoms with Gasteiger partial charge in [0.2, 0.25) is 0 Å². The van der Waals surface area contributed by atoms with Crippen molar-refractivity contribution in [1.29, 1.82) is 0 Å². The molecule has 6 nitrogen and oxygen atoms in total. The van der Waals surface area contributed by atoms with Crippen molar-refractivity contribution < 1.29 is 13.2 Å². The summed E-state index contributed by atoms with van der Waals surface area (Å²) in [7, 11) is 0. The van der Waals surface area contributed by atoms with Crippen LogP contribution in [0.15, 0.2) is 60.7 Å². The largest absolute Gasteiger partial charge is 0.298 e. The normalized spacial score (nSPS) is 16.6. The third-order valence-electron chi connectivity index (χ3n) is 6.78. The molecule has 2 aromatic heterocycles. The zero-order valence-electron chi connectivity index (χ0n) is 19.3. The lowest BCUT2D eigenvalue weighted by Gasteiger charge is -2.31. The lowest BCUT2D eigenvalue weighted by molar-refractivity contribution is 0.192. The van der Waals surface area contributed by atoms with Crippen LogP contribution in [0.3, 0.4) is 0 Å². The minimum Gasteiger partial charge on any atom is -0.298 e. The van der Waals surface area contributed by atoms with Gasteiger partial charge in [-0.1, -0.05) is 6.07 Å². The molecule has 182 valence electrons. The molecule has 0 aliphatic carbocycles. The molecule has 3 aromatic carbocycles. The van der Waals surface area contributed by atoms with Gasteiger partial charge < -0.3 is 0 Å². The highest BCUT2D eigenvalue weighted by atomic mass is 19.1. The number of fused-ring (bicyclic) bond motifs is 1. The fourth-order valence-electron chi connectivity index (χ4n) is 4.90. The molecular weight excluding hydrogens is 465 g/mol. The minimum atomic E-state index is -0.520. The average Bonchev–Trinajstić information content (AvgIpc) is 3.55. The highest BCUT2D eigenvalue weighted by Gasteiger charge is 2.26. The summed E-state index contributed by atoms with van der Waals surface area (Å²) in [6.07, 6.45) is 1.82. The maximum absolute atomic E-state index is 14.1. The molecule has 36 heavy (non-hydrogen) atoms. The molecule has 5 aromatic rings. The summed E-state index contributed by atoms with van der Waals surface area (Å²) in [4.78, 5) is 6.82. The number of piperidine rings is 1. The second-order valence-electron chi connectivity index (χ2n) is 9.16. The van der Waals surface area contributed by atoms with Crippen molar-refractivity contribution in [1.82, 2.24) is 30.3 Å². The van der Waals surface area contributed by atoms with E-state index in [0.29, 0.717) is 12.4 Å². The van der Waals surface area contributed by atoms with Gasteiger partial charge in [0, 0.05) is 41.1 Å². The molecular formula is C27H23F3N6.